The number of halogens is 2. The summed E-state index contributed by atoms with van der Waals surface area (Å²) in [7, 11) is 1.44. The molecule has 1 unspecified atom stereocenters. The van der Waals surface area contributed by atoms with Crippen LogP contribution >= 0.6 is 26.6 Å². The van der Waals surface area contributed by atoms with E-state index in [1.54, 1.807) is 6.07 Å². The molecular weight excluding hydrogens is 354 g/mol. The van der Waals surface area contributed by atoms with E-state index in [4.69, 9.17) is 10.7 Å². The van der Waals surface area contributed by atoms with E-state index in [1.165, 1.54) is 12.1 Å². The van der Waals surface area contributed by atoms with Crippen molar-refractivity contribution < 1.29 is 13.2 Å². The summed E-state index contributed by atoms with van der Waals surface area (Å²) >= 11 is 3.17. The number of amides is 1. The zero-order chi connectivity index (χ0) is 14.4. The molecule has 1 atom stereocenters. The van der Waals surface area contributed by atoms with Gasteiger partial charge < -0.3 is 5.32 Å². The predicted octanol–water partition coefficient (Wildman–Crippen LogP) is 2.90. The second-order valence-electron chi connectivity index (χ2n) is 5.33. The van der Waals surface area contributed by atoms with Crippen LogP contribution in [0.3, 0.4) is 0 Å². The third-order valence-electron chi connectivity index (χ3n) is 3.23. The first-order valence-electron chi connectivity index (χ1n) is 5.66. The monoisotopic (exact) mass is 365 g/mol. The summed E-state index contributed by atoms with van der Waals surface area (Å²) < 4.78 is 23.1. The van der Waals surface area contributed by atoms with Crippen LogP contribution in [0.4, 0.5) is 0 Å². The summed E-state index contributed by atoms with van der Waals surface area (Å²) in [6, 6.07) is 4.34. The Bertz CT molecular complexity index is 642. The molecule has 1 aromatic rings. The Morgan fingerprint density at radius 2 is 2.00 bits per heavy atom. The van der Waals surface area contributed by atoms with Gasteiger partial charge in [0, 0.05) is 26.8 Å². The van der Waals surface area contributed by atoms with Gasteiger partial charge in [-0.15, -0.1) is 0 Å². The number of nitrogens with one attached hydrogen (secondary N) is 1. The van der Waals surface area contributed by atoms with Crippen LogP contribution in [0.5, 0.6) is 0 Å². The summed E-state index contributed by atoms with van der Waals surface area (Å²) in [6.45, 7) is 4.13. The van der Waals surface area contributed by atoms with E-state index >= 15 is 0 Å². The van der Waals surface area contributed by atoms with E-state index in [-0.39, 0.29) is 27.8 Å². The number of hydrogen-bond donors (Lipinski definition) is 1. The SMILES string of the molecule is CC1(C)CC1NC(=O)c1cc(Br)cc(S(=O)(=O)Cl)c1. The fourth-order valence-corrected chi connectivity index (χ4v) is 3.24. The molecule has 0 aromatic heterocycles. The number of carbonyl (C=O) groups excluding carboxylic acids is 1. The van der Waals surface area contributed by atoms with Crippen molar-refractivity contribution in [3.05, 3.63) is 28.2 Å². The van der Waals surface area contributed by atoms with Crippen molar-refractivity contribution in [3.63, 3.8) is 0 Å². The van der Waals surface area contributed by atoms with Crippen LogP contribution in [0, 0.1) is 5.41 Å². The fourth-order valence-electron chi connectivity index (χ4n) is 1.79. The van der Waals surface area contributed by atoms with Crippen LogP contribution in [0.15, 0.2) is 27.6 Å². The molecule has 0 bridgehead atoms. The van der Waals surface area contributed by atoms with Gasteiger partial charge in [0.15, 0.2) is 0 Å². The van der Waals surface area contributed by atoms with Gasteiger partial charge in [-0.1, -0.05) is 29.8 Å². The molecule has 0 heterocycles. The second kappa shape index (κ2) is 4.75. The molecule has 1 aromatic carbocycles. The van der Waals surface area contributed by atoms with Gasteiger partial charge in [-0.05, 0) is 30.0 Å². The summed E-state index contributed by atoms with van der Waals surface area (Å²) in [5.74, 6) is -0.293. The molecule has 0 aliphatic heterocycles. The number of carbonyl (C=O) groups is 1. The van der Waals surface area contributed by atoms with Gasteiger partial charge in [-0.25, -0.2) is 8.42 Å². The highest BCUT2D eigenvalue weighted by atomic mass is 79.9. The lowest BCUT2D eigenvalue weighted by molar-refractivity contribution is 0.0946. The second-order valence-corrected chi connectivity index (χ2v) is 8.81. The lowest BCUT2D eigenvalue weighted by Crippen LogP contribution is -2.28. The van der Waals surface area contributed by atoms with Gasteiger partial charge >= 0.3 is 0 Å². The molecule has 1 aliphatic carbocycles. The van der Waals surface area contributed by atoms with Crippen LogP contribution in [0.2, 0.25) is 0 Å². The summed E-state index contributed by atoms with van der Waals surface area (Å²) in [5, 5.41) is 2.87. The molecule has 1 saturated carbocycles. The molecule has 19 heavy (non-hydrogen) atoms. The largest absolute Gasteiger partial charge is 0.349 e. The maximum absolute atomic E-state index is 12.0. The maximum Gasteiger partial charge on any atom is 0.261 e. The molecule has 1 aliphatic rings. The van der Waals surface area contributed by atoms with Crippen LogP contribution in [0.1, 0.15) is 30.6 Å². The van der Waals surface area contributed by atoms with Crippen molar-refractivity contribution >= 4 is 41.6 Å². The standard InChI is InChI=1S/C12H13BrClNO3S/c1-12(2)6-10(12)15-11(16)7-3-8(13)5-9(4-7)19(14,17)18/h3-5,10H,6H2,1-2H3,(H,15,16). The molecule has 4 nitrogen and oxygen atoms in total. The quantitative estimate of drug-likeness (QED) is 0.837. The lowest BCUT2D eigenvalue weighted by atomic mass is 10.1. The average molecular weight is 367 g/mol. The topological polar surface area (TPSA) is 63.2 Å². The normalized spacial score (nSPS) is 20.9. The Hall–Kier alpha value is -0.590. The molecule has 0 saturated heterocycles. The first-order chi connectivity index (χ1) is 8.59. The molecule has 104 valence electrons. The van der Waals surface area contributed by atoms with E-state index in [9.17, 15) is 13.2 Å². The maximum atomic E-state index is 12.0. The van der Waals surface area contributed by atoms with Crippen molar-refractivity contribution in [2.75, 3.05) is 0 Å². The Kier molecular flexibility index (Phi) is 3.70. The number of benzene rings is 1. The van der Waals surface area contributed by atoms with Crippen molar-refractivity contribution in [3.8, 4) is 0 Å². The minimum absolute atomic E-state index is 0.0938. The van der Waals surface area contributed by atoms with Gasteiger partial charge in [0.2, 0.25) is 0 Å². The summed E-state index contributed by atoms with van der Waals surface area (Å²) in [5.41, 5.74) is 0.389. The molecule has 0 spiro atoms. The molecule has 1 N–H and O–H groups in total. The zero-order valence-electron chi connectivity index (χ0n) is 10.4. The lowest BCUT2D eigenvalue weighted by Gasteiger charge is -2.08. The van der Waals surface area contributed by atoms with Crippen molar-refractivity contribution in [2.24, 2.45) is 5.41 Å². The van der Waals surface area contributed by atoms with E-state index in [0.29, 0.717) is 4.47 Å². The zero-order valence-corrected chi connectivity index (χ0v) is 13.6. The minimum atomic E-state index is -3.85. The van der Waals surface area contributed by atoms with Crippen molar-refractivity contribution in [2.45, 2.75) is 31.2 Å². The Labute approximate surface area is 125 Å². The van der Waals surface area contributed by atoms with Crippen LogP contribution in [0.25, 0.3) is 0 Å². The van der Waals surface area contributed by atoms with Gasteiger partial charge in [0.05, 0.1) is 4.90 Å². The molecule has 0 radical (unpaired) electrons. The van der Waals surface area contributed by atoms with Crippen LogP contribution < -0.4 is 5.32 Å². The van der Waals surface area contributed by atoms with E-state index in [1.807, 2.05) is 0 Å². The van der Waals surface area contributed by atoms with E-state index < -0.39 is 9.05 Å². The van der Waals surface area contributed by atoms with Crippen LogP contribution in [-0.2, 0) is 9.05 Å². The highest BCUT2D eigenvalue weighted by molar-refractivity contribution is 9.10. The molecule has 1 amide bonds. The van der Waals surface area contributed by atoms with Crippen molar-refractivity contribution in [1.82, 2.24) is 5.32 Å². The van der Waals surface area contributed by atoms with E-state index in [0.717, 1.165) is 6.42 Å². The summed E-state index contributed by atoms with van der Waals surface area (Å²) in [4.78, 5) is 12.0. The highest BCUT2D eigenvalue weighted by Crippen LogP contribution is 2.44. The first-order valence-corrected chi connectivity index (χ1v) is 8.76. The Morgan fingerprint density at radius 3 is 2.47 bits per heavy atom. The number of rotatable bonds is 3. The molecular formula is C12H13BrClNO3S. The summed E-state index contributed by atoms with van der Waals surface area (Å²) in [6.07, 6.45) is 0.924. The highest BCUT2D eigenvalue weighted by Gasteiger charge is 2.46. The van der Waals surface area contributed by atoms with Crippen LogP contribution in [-0.4, -0.2) is 20.4 Å². The molecule has 2 rings (SSSR count). The smallest absolute Gasteiger partial charge is 0.261 e. The van der Waals surface area contributed by atoms with Gasteiger partial charge in [-0.3, -0.25) is 4.79 Å². The Balaban J connectivity index is 2.25. The Morgan fingerprint density at radius 1 is 1.42 bits per heavy atom. The number of hydrogen-bond acceptors (Lipinski definition) is 3. The fraction of sp³-hybridized carbons (Fsp3) is 0.417. The minimum Gasteiger partial charge on any atom is -0.349 e. The molecule has 1 fully saturated rings. The van der Waals surface area contributed by atoms with Crippen molar-refractivity contribution in [1.29, 1.82) is 0 Å². The van der Waals surface area contributed by atoms with Gasteiger partial charge in [0.25, 0.3) is 15.0 Å². The third kappa shape index (κ3) is 3.49. The first kappa shape index (κ1) is 14.8. The average Bonchev–Trinajstić information content (AvgIpc) is 2.83. The molecule has 7 heteroatoms. The van der Waals surface area contributed by atoms with Gasteiger partial charge in [-0.2, -0.15) is 0 Å². The van der Waals surface area contributed by atoms with E-state index in [2.05, 4.69) is 35.1 Å². The predicted molar refractivity (Wildman–Crippen MR) is 76.8 cm³/mol. The third-order valence-corrected chi connectivity index (χ3v) is 5.02. The van der Waals surface area contributed by atoms with Gasteiger partial charge in [0.1, 0.15) is 0 Å².